The number of piperidine rings is 1. The van der Waals surface area contributed by atoms with Gasteiger partial charge in [0, 0.05) is 6.54 Å². The molecule has 1 fully saturated rings. The molecule has 0 saturated carbocycles. The molecule has 2 unspecified atom stereocenters. The first kappa shape index (κ1) is 20.8. The highest BCUT2D eigenvalue weighted by atomic mass is 16.6. The van der Waals surface area contributed by atoms with Gasteiger partial charge in [-0.15, -0.1) is 0 Å². The summed E-state index contributed by atoms with van der Waals surface area (Å²) in [5, 5.41) is 9.49. The van der Waals surface area contributed by atoms with E-state index in [1.165, 1.54) is 37.0 Å². The third-order valence-electron chi connectivity index (χ3n) is 4.59. The van der Waals surface area contributed by atoms with Crippen LogP contribution in [0.15, 0.2) is 0 Å². The lowest BCUT2D eigenvalue weighted by Gasteiger charge is -2.37. The minimum absolute atomic E-state index is 0.399. The molecule has 1 aliphatic rings. The number of nitrogens with zero attached hydrogens (tertiary/aromatic N) is 1. The van der Waals surface area contributed by atoms with Gasteiger partial charge in [0.05, 0.1) is 0 Å². The van der Waals surface area contributed by atoms with Crippen molar-refractivity contribution in [3.63, 3.8) is 0 Å². The van der Waals surface area contributed by atoms with Crippen LogP contribution in [-0.4, -0.2) is 40.3 Å². The SMILES string of the molecule is CCCCCCCCC1CCN(C(=O)OC(C)(C)C)C(C(=O)O)C1. The van der Waals surface area contributed by atoms with Crippen molar-refractivity contribution >= 4 is 12.1 Å². The van der Waals surface area contributed by atoms with Gasteiger partial charge in [0.25, 0.3) is 0 Å². The van der Waals surface area contributed by atoms with E-state index in [-0.39, 0.29) is 0 Å². The highest BCUT2D eigenvalue weighted by Crippen LogP contribution is 2.29. The Hall–Kier alpha value is -1.26. The Morgan fingerprint density at radius 3 is 2.33 bits per heavy atom. The molecule has 5 nitrogen and oxygen atoms in total. The maximum atomic E-state index is 12.2. The fraction of sp³-hybridized carbons (Fsp3) is 0.895. The molecule has 0 aromatic heterocycles. The fourth-order valence-electron chi connectivity index (χ4n) is 3.29. The van der Waals surface area contributed by atoms with Gasteiger partial charge in [-0.05, 0) is 39.5 Å². The van der Waals surface area contributed by atoms with E-state index in [0.717, 1.165) is 19.3 Å². The molecular weight excluding hydrogens is 306 g/mol. The molecule has 0 aliphatic carbocycles. The molecule has 24 heavy (non-hydrogen) atoms. The predicted molar refractivity (Wildman–Crippen MR) is 95.1 cm³/mol. The van der Waals surface area contributed by atoms with Gasteiger partial charge in [-0.3, -0.25) is 4.90 Å². The van der Waals surface area contributed by atoms with E-state index in [4.69, 9.17) is 4.74 Å². The number of carboxylic acid groups (broad SMARTS) is 1. The molecule has 0 bridgehead atoms. The zero-order valence-electron chi connectivity index (χ0n) is 15.8. The minimum Gasteiger partial charge on any atom is -0.480 e. The number of carboxylic acids is 1. The first-order valence-corrected chi connectivity index (χ1v) is 9.47. The van der Waals surface area contributed by atoms with Crippen LogP contribution in [0, 0.1) is 5.92 Å². The van der Waals surface area contributed by atoms with Gasteiger partial charge in [-0.25, -0.2) is 9.59 Å². The number of carbonyl (C=O) groups excluding carboxylic acids is 1. The molecule has 0 radical (unpaired) electrons. The molecule has 1 saturated heterocycles. The molecule has 1 aliphatic heterocycles. The van der Waals surface area contributed by atoms with Crippen molar-refractivity contribution in [3.05, 3.63) is 0 Å². The number of carbonyl (C=O) groups is 2. The highest BCUT2D eigenvalue weighted by molar-refractivity contribution is 5.80. The number of unbranched alkanes of at least 4 members (excludes halogenated alkanes) is 5. The van der Waals surface area contributed by atoms with E-state index < -0.39 is 23.7 Å². The van der Waals surface area contributed by atoms with Crippen LogP contribution in [0.25, 0.3) is 0 Å². The molecule has 1 N–H and O–H groups in total. The Labute approximate surface area is 146 Å². The summed E-state index contributed by atoms with van der Waals surface area (Å²) in [7, 11) is 0. The number of ether oxygens (including phenoxy) is 1. The average Bonchev–Trinajstić information content (AvgIpc) is 2.48. The van der Waals surface area contributed by atoms with Gasteiger partial charge in [-0.2, -0.15) is 0 Å². The molecule has 0 aromatic carbocycles. The molecule has 1 heterocycles. The largest absolute Gasteiger partial charge is 0.480 e. The van der Waals surface area contributed by atoms with Crippen LogP contribution in [0.4, 0.5) is 4.79 Å². The Kier molecular flexibility index (Phi) is 8.57. The summed E-state index contributed by atoms with van der Waals surface area (Å²) in [6, 6.07) is -0.751. The Bertz CT molecular complexity index is 403. The zero-order valence-corrected chi connectivity index (χ0v) is 15.8. The second-order valence-corrected chi connectivity index (χ2v) is 7.97. The summed E-state index contributed by atoms with van der Waals surface area (Å²) < 4.78 is 5.35. The molecular formula is C19H35NO4. The van der Waals surface area contributed by atoms with Gasteiger partial charge in [0.15, 0.2) is 0 Å². The van der Waals surface area contributed by atoms with Crippen LogP contribution in [0.1, 0.15) is 85.5 Å². The van der Waals surface area contributed by atoms with Crippen molar-refractivity contribution in [1.29, 1.82) is 0 Å². The van der Waals surface area contributed by atoms with Crippen molar-refractivity contribution < 1.29 is 19.4 Å². The van der Waals surface area contributed by atoms with Crippen molar-refractivity contribution in [2.24, 2.45) is 5.92 Å². The van der Waals surface area contributed by atoms with Crippen molar-refractivity contribution in [2.45, 2.75) is 97.1 Å². The third-order valence-corrected chi connectivity index (χ3v) is 4.59. The maximum Gasteiger partial charge on any atom is 0.411 e. The van der Waals surface area contributed by atoms with E-state index in [1.54, 1.807) is 20.8 Å². The number of hydrogen-bond acceptors (Lipinski definition) is 3. The van der Waals surface area contributed by atoms with Gasteiger partial charge < -0.3 is 9.84 Å². The number of aliphatic carboxylic acids is 1. The molecule has 1 rings (SSSR count). The summed E-state index contributed by atoms with van der Waals surface area (Å²) in [5.41, 5.74) is -0.602. The monoisotopic (exact) mass is 341 g/mol. The predicted octanol–water partition coefficient (Wildman–Crippen LogP) is 4.84. The third kappa shape index (κ3) is 7.54. The lowest BCUT2D eigenvalue weighted by Crippen LogP contribution is -2.51. The lowest BCUT2D eigenvalue weighted by atomic mass is 9.87. The number of rotatable bonds is 8. The second kappa shape index (κ2) is 9.90. The van der Waals surface area contributed by atoms with E-state index in [2.05, 4.69) is 6.92 Å². The van der Waals surface area contributed by atoms with Gasteiger partial charge in [0.2, 0.25) is 0 Å². The molecule has 0 aromatic rings. The van der Waals surface area contributed by atoms with Gasteiger partial charge in [-0.1, -0.05) is 51.9 Å². The number of hydrogen-bond donors (Lipinski definition) is 1. The first-order valence-electron chi connectivity index (χ1n) is 9.47. The Morgan fingerprint density at radius 1 is 1.12 bits per heavy atom. The number of likely N-dealkylation sites (tertiary alicyclic amines) is 1. The standard InChI is InChI=1S/C19H35NO4/c1-5-6-7-8-9-10-11-15-12-13-20(16(14-15)17(21)22)18(23)24-19(2,3)4/h15-16H,5-14H2,1-4H3,(H,21,22). The molecule has 1 amide bonds. The van der Waals surface area contributed by atoms with Crippen LogP contribution in [0.3, 0.4) is 0 Å². The van der Waals surface area contributed by atoms with Crippen molar-refractivity contribution in [2.75, 3.05) is 6.54 Å². The summed E-state index contributed by atoms with van der Waals surface area (Å²) in [6.07, 6.45) is 9.49. The first-order chi connectivity index (χ1) is 11.2. The maximum absolute atomic E-state index is 12.2. The van der Waals surface area contributed by atoms with E-state index >= 15 is 0 Å². The normalized spacial score (nSPS) is 21.6. The summed E-state index contributed by atoms with van der Waals surface area (Å²) >= 11 is 0. The van der Waals surface area contributed by atoms with Crippen LogP contribution < -0.4 is 0 Å². The fourth-order valence-corrected chi connectivity index (χ4v) is 3.29. The lowest BCUT2D eigenvalue weighted by molar-refractivity contribution is -0.145. The average molecular weight is 341 g/mol. The van der Waals surface area contributed by atoms with Gasteiger partial charge >= 0.3 is 12.1 Å². The molecule has 140 valence electrons. The smallest absolute Gasteiger partial charge is 0.411 e. The van der Waals surface area contributed by atoms with Crippen LogP contribution in [-0.2, 0) is 9.53 Å². The van der Waals surface area contributed by atoms with Crippen molar-refractivity contribution in [3.8, 4) is 0 Å². The summed E-state index contributed by atoms with van der Waals surface area (Å²) in [4.78, 5) is 25.2. The van der Waals surface area contributed by atoms with Crippen LogP contribution in [0.5, 0.6) is 0 Å². The molecule has 2 atom stereocenters. The van der Waals surface area contributed by atoms with Crippen molar-refractivity contribution in [1.82, 2.24) is 4.90 Å². The summed E-state index contributed by atoms with van der Waals surface area (Å²) in [5.74, 6) is -0.524. The van der Waals surface area contributed by atoms with E-state index in [0.29, 0.717) is 18.9 Å². The summed E-state index contributed by atoms with van der Waals surface area (Å²) in [6.45, 7) is 8.08. The Balaban J connectivity index is 2.44. The van der Waals surface area contributed by atoms with E-state index in [1.807, 2.05) is 0 Å². The molecule has 5 heteroatoms. The number of amides is 1. The van der Waals surface area contributed by atoms with Crippen LogP contribution in [0.2, 0.25) is 0 Å². The molecule has 0 spiro atoms. The highest BCUT2D eigenvalue weighted by Gasteiger charge is 2.37. The quantitative estimate of drug-likeness (QED) is 0.642. The van der Waals surface area contributed by atoms with E-state index in [9.17, 15) is 14.7 Å². The minimum atomic E-state index is -0.923. The van der Waals surface area contributed by atoms with Gasteiger partial charge in [0.1, 0.15) is 11.6 Å². The second-order valence-electron chi connectivity index (χ2n) is 7.97. The topological polar surface area (TPSA) is 66.8 Å². The Morgan fingerprint density at radius 2 is 1.75 bits per heavy atom. The zero-order chi connectivity index (χ0) is 18.2. The van der Waals surface area contributed by atoms with Crippen LogP contribution >= 0.6 is 0 Å².